The molecule has 0 radical (unpaired) electrons. The van der Waals surface area contributed by atoms with Crippen LogP contribution in [0.4, 0.5) is 0 Å². The minimum Gasteiger partial charge on any atom is -0.326 e. The summed E-state index contributed by atoms with van der Waals surface area (Å²) in [6, 6.07) is 1.99. The number of hydrogen-bond donors (Lipinski definition) is 1. The minimum absolute atomic E-state index is 0.541. The molecule has 3 nitrogen and oxygen atoms in total. The predicted octanol–water partition coefficient (Wildman–Crippen LogP) is 2.43. The van der Waals surface area contributed by atoms with Crippen LogP contribution in [0, 0.1) is 0 Å². The number of nitrogens with zero attached hydrogens (tertiary/aromatic N) is 2. The van der Waals surface area contributed by atoms with Gasteiger partial charge in [0, 0.05) is 40.0 Å². The van der Waals surface area contributed by atoms with E-state index in [4.69, 9.17) is 5.73 Å². The quantitative estimate of drug-likeness (QED) is 0.911. The van der Waals surface area contributed by atoms with E-state index >= 15 is 0 Å². The molecule has 0 aliphatic rings. The first kappa shape index (κ1) is 9.76. The van der Waals surface area contributed by atoms with E-state index in [1.807, 2.05) is 6.07 Å². The highest BCUT2D eigenvalue weighted by Crippen LogP contribution is 2.25. The lowest BCUT2D eigenvalue weighted by Gasteiger charge is -1.95. The van der Waals surface area contributed by atoms with Crippen LogP contribution in [0.3, 0.4) is 0 Å². The summed E-state index contributed by atoms with van der Waals surface area (Å²) in [6.07, 6.45) is 5.35. The molecule has 0 amide bonds. The van der Waals surface area contributed by atoms with E-state index in [0.29, 0.717) is 6.54 Å². The smallest absolute Gasteiger partial charge is 0.125 e. The number of thiazole rings is 1. The molecule has 0 spiro atoms. The predicted molar refractivity (Wildman–Crippen MR) is 60.9 cm³/mol. The van der Waals surface area contributed by atoms with Gasteiger partial charge in [-0.25, -0.2) is 4.98 Å². The van der Waals surface area contributed by atoms with Crippen LogP contribution >= 0.6 is 27.3 Å². The van der Waals surface area contributed by atoms with Crippen LogP contribution in [0.15, 0.2) is 29.1 Å². The fourth-order valence-corrected chi connectivity index (χ4v) is 2.20. The van der Waals surface area contributed by atoms with Gasteiger partial charge in [0.15, 0.2) is 0 Å². The number of halogens is 1. The van der Waals surface area contributed by atoms with Crippen LogP contribution in [0.5, 0.6) is 0 Å². The molecule has 0 unspecified atom stereocenters. The summed E-state index contributed by atoms with van der Waals surface area (Å²) >= 11 is 4.97. The lowest BCUT2D eigenvalue weighted by atomic mass is 10.3. The molecular weight excluding hydrogens is 262 g/mol. The largest absolute Gasteiger partial charge is 0.326 e. The molecular formula is C9H8BrN3S. The highest BCUT2D eigenvalue weighted by Gasteiger charge is 2.04. The van der Waals surface area contributed by atoms with Gasteiger partial charge in [0.2, 0.25) is 0 Å². The van der Waals surface area contributed by atoms with E-state index < -0.39 is 0 Å². The highest BCUT2D eigenvalue weighted by atomic mass is 79.9. The van der Waals surface area contributed by atoms with Crippen molar-refractivity contribution in [3.05, 3.63) is 34.0 Å². The van der Waals surface area contributed by atoms with Gasteiger partial charge in [-0.05, 0) is 22.0 Å². The topological polar surface area (TPSA) is 51.8 Å². The Labute approximate surface area is 94.1 Å². The fraction of sp³-hybridized carbons (Fsp3) is 0.111. The van der Waals surface area contributed by atoms with Crippen molar-refractivity contribution < 1.29 is 0 Å². The maximum atomic E-state index is 5.52. The van der Waals surface area contributed by atoms with Gasteiger partial charge in [0.25, 0.3) is 0 Å². The van der Waals surface area contributed by atoms with Crippen LogP contribution in [0.1, 0.15) is 4.88 Å². The van der Waals surface area contributed by atoms with Gasteiger partial charge >= 0.3 is 0 Å². The van der Waals surface area contributed by atoms with Gasteiger partial charge in [-0.3, -0.25) is 4.98 Å². The second-order valence-corrected chi connectivity index (χ2v) is 4.76. The minimum atomic E-state index is 0.541. The summed E-state index contributed by atoms with van der Waals surface area (Å²) in [6.45, 7) is 0.541. The first-order valence-corrected chi connectivity index (χ1v) is 5.66. The number of pyridine rings is 1. The molecule has 0 aliphatic heterocycles. The molecule has 14 heavy (non-hydrogen) atoms. The molecule has 72 valence electrons. The number of hydrogen-bond acceptors (Lipinski definition) is 4. The van der Waals surface area contributed by atoms with Crippen LogP contribution in [0.25, 0.3) is 10.6 Å². The fourth-order valence-electron chi connectivity index (χ4n) is 1.06. The molecule has 0 bridgehead atoms. The third-order valence-corrected chi connectivity index (χ3v) is 3.21. The first-order valence-electron chi connectivity index (χ1n) is 4.05. The molecule has 5 heteroatoms. The van der Waals surface area contributed by atoms with Gasteiger partial charge in [0.1, 0.15) is 5.01 Å². The first-order chi connectivity index (χ1) is 6.79. The van der Waals surface area contributed by atoms with Crippen molar-refractivity contribution >= 4 is 27.3 Å². The summed E-state index contributed by atoms with van der Waals surface area (Å²) in [5.41, 5.74) is 6.53. The Bertz CT molecular complexity index is 441. The zero-order chi connectivity index (χ0) is 9.97. The molecule has 0 saturated carbocycles. The summed E-state index contributed by atoms with van der Waals surface area (Å²) in [4.78, 5) is 9.44. The van der Waals surface area contributed by atoms with E-state index in [-0.39, 0.29) is 0 Å². The lowest BCUT2D eigenvalue weighted by Crippen LogP contribution is -1.91. The van der Waals surface area contributed by atoms with E-state index in [9.17, 15) is 0 Å². The Balaban J connectivity index is 2.39. The lowest BCUT2D eigenvalue weighted by molar-refractivity contribution is 1.10. The van der Waals surface area contributed by atoms with Gasteiger partial charge in [0.05, 0.1) is 0 Å². The maximum absolute atomic E-state index is 5.52. The number of nitrogens with two attached hydrogens (primary N) is 1. The SMILES string of the molecule is NCc1cnc(-c2cncc(Br)c2)s1. The highest BCUT2D eigenvalue weighted by molar-refractivity contribution is 9.10. The zero-order valence-electron chi connectivity index (χ0n) is 7.27. The van der Waals surface area contributed by atoms with Gasteiger partial charge in [-0.15, -0.1) is 11.3 Å². The van der Waals surface area contributed by atoms with Gasteiger partial charge in [-0.2, -0.15) is 0 Å². The van der Waals surface area contributed by atoms with E-state index in [1.54, 1.807) is 29.9 Å². The Kier molecular flexibility index (Phi) is 2.90. The summed E-state index contributed by atoms with van der Waals surface area (Å²) in [5, 5.41) is 0.958. The Morgan fingerprint density at radius 2 is 2.21 bits per heavy atom. The van der Waals surface area contributed by atoms with Crippen LogP contribution in [0.2, 0.25) is 0 Å². The molecule has 2 rings (SSSR count). The summed E-state index contributed by atoms with van der Waals surface area (Å²) in [5.74, 6) is 0. The third-order valence-electron chi connectivity index (χ3n) is 1.71. The molecule has 0 aliphatic carbocycles. The van der Waals surface area contributed by atoms with Crippen molar-refractivity contribution in [2.45, 2.75) is 6.54 Å². The molecule has 0 saturated heterocycles. The normalized spacial score (nSPS) is 10.4. The van der Waals surface area contributed by atoms with Gasteiger partial charge in [-0.1, -0.05) is 0 Å². The van der Waals surface area contributed by atoms with Crippen molar-refractivity contribution in [3.8, 4) is 10.6 Å². The van der Waals surface area contributed by atoms with Crippen LogP contribution < -0.4 is 5.73 Å². The molecule has 2 aromatic heterocycles. The van der Waals surface area contributed by atoms with E-state index in [2.05, 4.69) is 25.9 Å². The summed E-state index contributed by atoms with van der Waals surface area (Å²) in [7, 11) is 0. The Morgan fingerprint density at radius 1 is 1.36 bits per heavy atom. The molecule has 2 N–H and O–H groups in total. The monoisotopic (exact) mass is 269 g/mol. The second-order valence-electron chi connectivity index (χ2n) is 2.73. The maximum Gasteiger partial charge on any atom is 0.125 e. The standard InChI is InChI=1S/C9H8BrN3S/c10-7-1-6(3-12-4-7)9-13-5-8(2-11)14-9/h1,3-5H,2,11H2. The number of rotatable bonds is 2. The molecule has 0 fully saturated rings. The average molecular weight is 270 g/mol. The van der Waals surface area contributed by atoms with E-state index in [1.165, 1.54) is 0 Å². The zero-order valence-corrected chi connectivity index (χ0v) is 9.68. The van der Waals surface area contributed by atoms with Crippen molar-refractivity contribution in [3.63, 3.8) is 0 Å². The molecule has 2 aromatic rings. The Hall–Kier alpha value is -0.780. The molecule has 0 aromatic carbocycles. The van der Waals surface area contributed by atoms with Crippen LogP contribution in [-0.4, -0.2) is 9.97 Å². The summed E-state index contributed by atoms with van der Waals surface area (Å²) < 4.78 is 0.958. The van der Waals surface area contributed by atoms with Crippen molar-refractivity contribution in [2.75, 3.05) is 0 Å². The second kappa shape index (κ2) is 4.16. The van der Waals surface area contributed by atoms with Crippen LogP contribution in [-0.2, 0) is 6.54 Å². The number of aromatic nitrogens is 2. The van der Waals surface area contributed by atoms with Gasteiger partial charge < -0.3 is 5.73 Å². The van der Waals surface area contributed by atoms with Crippen molar-refractivity contribution in [1.29, 1.82) is 0 Å². The van der Waals surface area contributed by atoms with Crippen molar-refractivity contribution in [2.24, 2.45) is 5.73 Å². The van der Waals surface area contributed by atoms with E-state index in [0.717, 1.165) is 19.9 Å². The average Bonchev–Trinajstić information content (AvgIpc) is 2.66. The van der Waals surface area contributed by atoms with Crippen molar-refractivity contribution in [1.82, 2.24) is 9.97 Å². The molecule has 0 atom stereocenters. The Morgan fingerprint density at radius 3 is 2.86 bits per heavy atom. The third kappa shape index (κ3) is 2.00. The molecule has 2 heterocycles.